The summed E-state index contributed by atoms with van der Waals surface area (Å²) in [6, 6.07) is 12.8. The third-order valence-electron chi connectivity index (χ3n) is 3.59. The summed E-state index contributed by atoms with van der Waals surface area (Å²) in [5.74, 6) is -2.55. The van der Waals surface area contributed by atoms with Gasteiger partial charge in [-0.15, -0.1) is 0 Å². The van der Waals surface area contributed by atoms with Crippen LogP contribution >= 0.6 is 0 Å². The van der Waals surface area contributed by atoms with Gasteiger partial charge in [0.2, 0.25) is 0 Å². The molecular weight excluding hydrogens is 298 g/mol. The highest BCUT2D eigenvalue weighted by Crippen LogP contribution is 2.22. The van der Waals surface area contributed by atoms with Crippen molar-refractivity contribution >= 4 is 23.5 Å². The van der Waals surface area contributed by atoms with E-state index in [2.05, 4.69) is 5.32 Å². The monoisotopic (exact) mass is 310 g/mol. The molecule has 1 atom stereocenters. The summed E-state index contributed by atoms with van der Waals surface area (Å²) in [6.45, 7) is 0. The van der Waals surface area contributed by atoms with Crippen LogP contribution in [0, 0.1) is 0 Å². The zero-order valence-electron chi connectivity index (χ0n) is 11.9. The predicted octanol–water partition coefficient (Wildman–Crippen LogP) is 0.770. The van der Waals surface area contributed by atoms with Crippen molar-refractivity contribution in [1.82, 2.24) is 0 Å². The number of hydrogen-bond donors (Lipinski definition) is 1. The Morgan fingerprint density at radius 2 is 1.78 bits per heavy atom. The van der Waals surface area contributed by atoms with E-state index in [1.54, 1.807) is 30.3 Å². The Labute approximate surface area is 131 Å². The van der Waals surface area contributed by atoms with Crippen LogP contribution in [0.5, 0.6) is 0 Å². The van der Waals surface area contributed by atoms with Crippen LogP contribution in [0.25, 0.3) is 0 Å². The molecule has 2 aromatic rings. The number of carboxylic acids is 1. The van der Waals surface area contributed by atoms with Gasteiger partial charge in [-0.05, 0) is 17.7 Å². The molecule has 6 nitrogen and oxygen atoms in total. The molecule has 2 aromatic carbocycles. The van der Waals surface area contributed by atoms with E-state index < -0.39 is 23.9 Å². The Morgan fingerprint density at radius 1 is 1.09 bits per heavy atom. The molecule has 1 heterocycles. The van der Waals surface area contributed by atoms with Crippen LogP contribution in [-0.4, -0.2) is 23.9 Å². The largest absolute Gasteiger partial charge is 0.545 e. The summed E-state index contributed by atoms with van der Waals surface area (Å²) in [6.07, 6.45) is -0.770. The SMILES string of the molecule is O=C1O[C@H](C(=O)Nc2ccccc2C(=O)[O-])Cc2ccccc21. The predicted molar refractivity (Wildman–Crippen MR) is 78.8 cm³/mol. The van der Waals surface area contributed by atoms with Gasteiger partial charge < -0.3 is 20.0 Å². The summed E-state index contributed by atoms with van der Waals surface area (Å²) in [5, 5.41) is 13.5. The van der Waals surface area contributed by atoms with Crippen LogP contribution in [0.2, 0.25) is 0 Å². The maximum absolute atomic E-state index is 12.3. The van der Waals surface area contributed by atoms with E-state index >= 15 is 0 Å². The Hall–Kier alpha value is -3.15. The molecule has 0 aromatic heterocycles. The molecule has 1 aliphatic heterocycles. The lowest BCUT2D eigenvalue weighted by Gasteiger charge is -2.24. The second kappa shape index (κ2) is 5.92. The fourth-order valence-corrected chi connectivity index (χ4v) is 2.46. The molecule has 6 heteroatoms. The fourth-order valence-electron chi connectivity index (χ4n) is 2.46. The summed E-state index contributed by atoms with van der Waals surface area (Å²) >= 11 is 0. The number of fused-ring (bicyclic) bond motifs is 1. The van der Waals surface area contributed by atoms with Crippen molar-refractivity contribution in [2.24, 2.45) is 0 Å². The molecule has 116 valence electrons. The van der Waals surface area contributed by atoms with Crippen molar-refractivity contribution in [3.05, 3.63) is 65.2 Å². The molecule has 1 amide bonds. The molecule has 0 saturated carbocycles. The number of amides is 1. The third kappa shape index (κ3) is 2.91. The van der Waals surface area contributed by atoms with Gasteiger partial charge in [0.25, 0.3) is 5.91 Å². The van der Waals surface area contributed by atoms with Crippen LogP contribution in [0.4, 0.5) is 5.69 Å². The van der Waals surface area contributed by atoms with Crippen molar-refractivity contribution in [2.45, 2.75) is 12.5 Å². The van der Waals surface area contributed by atoms with Gasteiger partial charge in [0.15, 0.2) is 6.10 Å². The highest BCUT2D eigenvalue weighted by molar-refractivity contribution is 6.03. The molecule has 1 aliphatic rings. The quantitative estimate of drug-likeness (QED) is 0.845. The number of carboxylic acid groups (broad SMARTS) is 1. The van der Waals surface area contributed by atoms with E-state index in [9.17, 15) is 19.5 Å². The number of anilines is 1. The van der Waals surface area contributed by atoms with Gasteiger partial charge in [-0.1, -0.05) is 36.4 Å². The normalized spacial score (nSPS) is 16.2. The first kappa shape index (κ1) is 14.8. The van der Waals surface area contributed by atoms with Crippen LogP contribution in [0.3, 0.4) is 0 Å². The Kier molecular flexibility index (Phi) is 3.80. The fraction of sp³-hybridized carbons (Fsp3) is 0.118. The first-order chi connectivity index (χ1) is 11.1. The molecule has 0 saturated heterocycles. The van der Waals surface area contributed by atoms with E-state index in [4.69, 9.17) is 4.74 Å². The lowest BCUT2D eigenvalue weighted by atomic mass is 9.98. The van der Waals surface area contributed by atoms with Gasteiger partial charge in [0.05, 0.1) is 11.5 Å². The molecule has 0 unspecified atom stereocenters. The topological polar surface area (TPSA) is 95.5 Å². The molecule has 0 aliphatic carbocycles. The number of hydrogen-bond acceptors (Lipinski definition) is 5. The van der Waals surface area contributed by atoms with E-state index in [-0.39, 0.29) is 17.7 Å². The van der Waals surface area contributed by atoms with Crippen molar-refractivity contribution < 1.29 is 24.2 Å². The standard InChI is InChI=1S/C17H13NO5/c19-15(18-13-8-4-3-7-12(13)16(20)21)14-9-10-5-1-2-6-11(10)17(22)23-14/h1-8,14H,9H2,(H,18,19)(H,20,21)/p-1/t14-/m0/s1. The Morgan fingerprint density at radius 3 is 2.57 bits per heavy atom. The first-order valence-electron chi connectivity index (χ1n) is 6.96. The lowest BCUT2D eigenvalue weighted by molar-refractivity contribution is -0.254. The van der Waals surface area contributed by atoms with Crippen molar-refractivity contribution in [2.75, 3.05) is 5.32 Å². The van der Waals surface area contributed by atoms with Crippen LogP contribution < -0.4 is 10.4 Å². The number of ether oxygens (including phenoxy) is 1. The van der Waals surface area contributed by atoms with Gasteiger partial charge in [0.1, 0.15) is 0 Å². The number of carbonyl (C=O) groups is 3. The number of cyclic esters (lactones) is 1. The molecule has 0 spiro atoms. The van der Waals surface area contributed by atoms with Crippen molar-refractivity contribution in [3.63, 3.8) is 0 Å². The molecule has 0 radical (unpaired) electrons. The van der Waals surface area contributed by atoms with Gasteiger partial charge >= 0.3 is 5.97 Å². The number of rotatable bonds is 3. The van der Waals surface area contributed by atoms with Crippen molar-refractivity contribution in [3.8, 4) is 0 Å². The second-order valence-corrected chi connectivity index (χ2v) is 5.08. The maximum Gasteiger partial charge on any atom is 0.339 e. The van der Waals surface area contributed by atoms with Gasteiger partial charge in [0, 0.05) is 17.7 Å². The van der Waals surface area contributed by atoms with Gasteiger partial charge in [-0.25, -0.2) is 4.79 Å². The van der Waals surface area contributed by atoms with Crippen molar-refractivity contribution in [1.29, 1.82) is 0 Å². The first-order valence-corrected chi connectivity index (χ1v) is 6.96. The van der Waals surface area contributed by atoms with Crippen LogP contribution in [0.1, 0.15) is 26.3 Å². The third-order valence-corrected chi connectivity index (χ3v) is 3.59. The zero-order chi connectivity index (χ0) is 16.4. The average molecular weight is 310 g/mol. The summed E-state index contributed by atoms with van der Waals surface area (Å²) < 4.78 is 5.13. The van der Waals surface area contributed by atoms with Gasteiger partial charge in [-0.2, -0.15) is 0 Å². The lowest BCUT2D eigenvalue weighted by Crippen LogP contribution is -2.38. The molecule has 0 fully saturated rings. The highest BCUT2D eigenvalue weighted by atomic mass is 16.5. The average Bonchev–Trinajstić information content (AvgIpc) is 2.55. The van der Waals surface area contributed by atoms with Gasteiger partial charge in [-0.3, -0.25) is 4.79 Å². The molecule has 0 bridgehead atoms. The Balaban J connectivity index is 1.81. The van der Waals surface area contributed by atoms with E-state index in [0.29, 0.717) is 5.56 Å². The number of carbonyl (C=O) groups excluding carboxylic acids is 3. The van der Waals surface area contributed by atoms with E-state index in [0.717, 1.165) is 5.56 Å². The number of benzene rings is 2. The van der Waals surface area contributed by atoms with Crippen LogP contribution in [-0.2, 0) is 16.0 Å². The van der Waals surface area contributed by atoms with Crippen LogP contribution in [0.15, 0.2) is 48.5 Å². The minimum Gasteiger partial charge on any atom is -0.545 e. The highest BCUT2D eigenvalue weighted by Gasteiger charge is 2.31. The molecule has 1 N–H and O–H groups in total. The summed E-state index contributed by atoms with van der Waals surface area (Å²) in [5.41, 5.74) is 1.12. The van der Waals surface area contributed by atoms with E-state index in [1.165, 1.54) is 18.2 Å². The maximum atomic E-state index is 12.3. The number of nitrogens with one attached hydrogen (secondary N) is 1. The number of para-hydroxylation sites is 1. The summed E-state index contributed by atoms with van der Waals surface area (Å²) in [4.78, 5) is 35.3. The number of esters is 1. The smallest absolute Gasteiger partial charge is 0.339 e. The van der Waals surface area contributed by atoms with E-state index in [1.807, 2.05) is 0 Å². The Bertz CT molecular complexity index is 799. The second-order valence-electron chi connectivity index (χ2n) is 5.08. The molecule has 23 heavy (non-hydrogen) atoms. The molecule has 3 rings (SSSR count). The minimum absolute atomic E-state index is 0.104. The molecular formula is C17H12NO5-. The zero-order valence-corrected chi connectivity index (χ0v) is 11.9. The summed E-state index contributed by atoms with van der Waals surface area (Å²) in [7, 11) is 0. The number of aromatic carboxylic acids is 1. The minimum atomic E-state index is -1.40.